The van der Waals surface area contributed by atoms with E-state index in [4.69, 9.17) is 5.84 Å². The summed E-state index contributed by atoms with van der Waals surface area (Å²) in [6, 6.07) is 8.49. The molecule has 0 aliphatic rings. The average molecular weight is 264 g/mol. The number of nitrogens with one attached hydrogen (secondary N) is 1. The van der Waals surface area contributed by atoms with E-state index in [-0.39, 0.29) is 6.04 Å². The van der Waals surface area contributed by atoms with Gasteiger partial charge < -0.3 is 4.57 Å². The number of hydrogen-bond donors (Lipinski definition) is 2. The molecule has 0 aliphatic carbocycles. The van der Waals surface area contributed by atoms with Crippen LogP contribution in [0.5, 0.6) is 0 Å². The highest BCUT2D eigenvalue weighted by atomic mass is 32.2. The summed E-state index contributed by atoms with van der Waals surface area (Å²) in [5.41, 5.74) is 5.12. The zero-order valence-corrected chi connectivity index (χ0v) is 11.7. The minimum Gasteiger partial charge on any atom is -0.331 e. The molecule has 0 saturated carbocycles. The van der Waals surface area contributed by atoms with Gasteiger partial charge in [-0.2, -0.15) is 11.8 Å². The predicted molar refractivity (Wildman–Crippen MR) is 78.5 cm³/mol. The first kappa shape index (κ1) is 13.4. The quantitative estimate of drug-likeness (QED) is 0.616. The molecule has 4 nitrogen and oxygen atoms in total. The highest BCUT2D eigenvalue weighted by molar-refractivity contribution is 7.98. The first-order valence-corrected chi connectivity index (χ1v) is 7.51. The van der Waals surface area contributed by atoms with Gasteiger partial charge in [-0.15, -0.1) is 0 Å². The van der Waals surface area contributed by atoms with Gasteiger partial charge >= 0.3 is 0 Å². The van der Waals surface area contributed by atoms with Crippen LogP contribution in [0.2, 0.25) is 0 Å². The van der Waals surface area contributed by atoms with Crippen LogP contribution in [0.3, 0.4) is 0 Å². The second kappa shape index (κ2) is 6.22. The van der Waals surface area contributed by atoms with E-state index in [2.05, 4.69) is 34.3 Å². The molecular weight excluding hydrogens is 244 g/mol. The third-order valence-electron chi connectivity index (χ3n) is 3.21. The van der Waals surface area contributed by atoms with Crippen molar-refractivity contribution >= 4 is 22.8 Å². The summed E-state index contributed by atoms with van der Waals surface area (Å²) in [7, 11) is 2.06. The molecule has 0 bridgehead atoms. The van der Waals surface area contributed by atoms with Crippen molar-refractivity contribution in [1.82, 2.24) is 15.0 Å². The monoisotopic (exact) mass is 264 g/mol. The van der Waals surface area contributed by atoms with Crippen molar-refractivity contribution in [1.29, 1.82) is 0 Å². The number of hydrazine groups is 1. The molecule has 1 aromatic heterocycles. The number of aromatic nitrogens is 2. The number of nitrogens with two attached hydrogens (primary N) is 1. The van der Waals surface area contributed by atoms with Gasteiger partial charge in [0.15, 0.2) is 0 Å². The molecule has 1 unspecified atom stereocenters. The Kier molecular flexibility index (Phi) is 4.63. The molecule has 2 aromatic rings. The summed E-state index contributed by atoms with van der Waals surface area (Å²) >= 11 is 1.84. The minimum absolute atomic E-state index is 0.285. The van der Waals surface area contributed by atoms with Crippen LogP contribution in [0, 0.1) is 0 Å². The van der Waals surface area contributed by atoms with Gasteiger partial charge in [-0.3, -0.25) is 11.3 Å². The maximum atomic E-state index is 5.61. The third kappa shape index (κ3) is 2.85. The van der Waals surface area contributed by atoms with Gasteiger partial charge in [0.25, 0.3) is 0 Å². The second-order valence-electron chi connectivity index (χ2n) is 4.42. The molecule has 0 amide bonds. The number of nitrogens with zero attached hydrogens (tertiary/aromatic N) is 2. The third-order valence-corrected chi connectivity index (χ3v) is 3.86. The van der Waals surface area contributed by atoms with Crippen molar-refractivity contribution in [3.05, 3.63) is 30.1 Å². The van der Waals surface area contributed by atoms with Gasteiger partial charge in [0.05, 0.1) is 11.0 Å². The van der Waals surface area contributed by atoms with E-state index in [0.29, 0.717) is 0 Å². The van der Waals surface area contributed by atoms with Crippen molar-refractivity contribution < 1.29 is 0 Å². The highest BCUT2D eigenvalue weighted by Gasteiger charge is 2.13. The highest BCUT2D eigenvalue weighted by Crippen LogP contribution is 2.16. The van der Waals surface area contributed by atoms with E-state index in [0.717, 1.165) is 29.9 Å². The number of rotatable bonds is 6. The van der Waals surface area contributed by atoms with Gasteiger partial charge in [0.2, 0.25) is 0 Å². The lowest BCUT2D eigenvalue weighted by Gasteiger charge is -2.14. The number of imidazole rings is 1. The SMILES string of the molecule is CSCCC(Cc1nc2ccccc2n1C)NN. The summed E-state index contributed by atoms with van der Waals surface area (Å²) in [5, 5.41) is 0. The lowest BCUT2D eigenvalue weighted by Crippen LogP contribution is -2.37. The minimum atomic E-state index is 0.285. The fourth-order valence-electron chi connectivity index (χ4n) is 2.10. The Hall–Kier alpha value is -1.04. The lowest BCUT2D eigenvalue weighted by molar-refractivity contribution is 0.498. The molecule has 3 N–H and O–H groups in total. The molecule has 1 heterocycles. The lowest BCUT2D eigenvalue weighted by atomic mass is 10.1. The smallest absolute Gasteiger partial charge is 0.111 e. The van der Waals surface area contributed by atoms with Crippen LogP contribution in [0.25, 0.3) is 11.0 Å². The van der Waals surface area contributed by atoms with Gasteiger partial charge in [-0.25, -0.2) is 4.98 Å². The Labute approximate surface area is 112 Å². The van der Waals surface area contributed by atoms with Crippen LogP contribution < -0.4 is 11.3 Å². The van der Waals surface area contributed by atoms with Crippen molar-refractivity contribution in [3.8, 4) is 0 Å². The van der Waals surface area contributed by atoms with Crippen molar-refractivity contribution in [2.45, 2.75) is 18.9 Å². The number of thioether (sulfide) groups is 1. The van der Waals surface area contributed by atoms with Crippen molar-refractivity contribution in [3.63, 3.8) is 0 Å². The van der Waals surface area contributed by atoms with E-state index in [1.807, 2.05) is 30.0 Å². The van der Waals surface area contributed by atoms with Gasteiger partial charge in [-0.05, 0) is 30.6 Å². The summed E-state index contributed by atoms with van der Waals surface area (Å²) in [5.74, 6) is 7.80. The number of hydrogen-bond acceptors (Lipinski definition) is 4. The fourth-order valence-corrected chi connectivity index (χ4v) is 2.62. The number of fused-ring (bicyclic) bond motifs is 1. The Morgan fingerprint density at radius 3 is 2.89 bits per heavy atom. The second-order valence-corrected chi connectivity index (χ2v) is 5.41. The number of aryl methyl sites for hydroxylation is 1. The summed E-state index contributed by atoms with van der Waals surface area (Å²) in [6.45, 7) is 0. The molecule has 98 valence electrons. The van der Waals surface area contributed by atoms with E-state index in [1.54, 1.807) is 0 Å². The van der Waals surface area contributed by atoms with Crippen LogP contribution in [0.1, 0.15) is 12.2 Å². The Bertz CT molecular complexity index is 509. The van der Waals surface area contributed by atoms with E-state index >= 15 is 0 Å². The van der Waals surface area contributed by atoms with Crippen LogP contribution in [0.15, 0.2) is 24.3 Å². The van der Waals surface area contributed by atoms with E-state index in [9.17, 15) is 0 Å². The summed E-state index contributed by atoms with van der Waals surface area (Å²) in [4.78, 5) is 4.67. The Balaban J connectivity index is 2.17. The average Bonchev–Trinajstić information content (AvgIpc) is 2.72. The Morgan fingerprint density at radius 1 is 1.44 bits per heavy atom. The summed E-state index contributed by atoms with van der Waals surface area (Å²) in [6.07, 6.45) is 4.03. The van der Waals surface area contributed by atoms with Crippen LogP contribution in [-0.2, 0) is 13.5 Å². The zero-order chi connectivity index (χ0) is 13.0. The number of benzene rings is 1. The molecule has 1 atom stereocenters. The van der Waals surface area contributed by atoms with E-state index < -0.39 is 0 Å². The maximum absolute atomic E-state index is 5.61. The fraction of sp³-hybridized carbons (Fsp3) is 0.462. The van der Waals surface area contributed by atoms with Gasteiger partial charge in [0, 0.05) is 19.5 Å². The molecule has 18 heavy (non-hydrogen) atoms. The molecule has 0 saturated heterocycles. The molecule has 0 radical (unpaired) electrons. The molecule has 0 aliphatic heterocycles. The molecule has 0 spiro atoms. The summed E-state index contributed by atoms with van der Waals surface area (Å²) < 4.78 is 2.15. The molecular formula is C13H20N4S. The normalized spacial score (nSPS) is 13.1. The van der Waals surface area contributed by atoms with Crippen LogP contribution in [-0.4, -0.2) is 27.6 Å². The maximum Gasteiger partial charge on any atom is 0.111 e. The van der Waals surface area contributed by atoms with Crippen LogP contribution >= 0.6 is 11.8 Å². The largest absolute Gasteiger partial charge is 0.331 e. The zero-order valence-electron chi connectivity index (χ0n) is 10.9. The molecule has 2 rings (SSSR count). The first-order chi connectivity index (χ1) is 8.76. The molecule has 0 fully saturated rings. The molecule has 1 aromatic carbocycles. The topological polar surface area (TPSA) is 55.9 Å². The van der Waals surface area contributed by atoms with Crippen molar-refractivity contribution in [2.75, 3.05) is 12.0 Å². The van der Waals surface area contributed by atoms with Gasteiger partial charge in [0.1, 0.15) is 5.82 Å². The Morgan fingerprint density at radius 2 is 2.22 bits per heavy atom. The standard InChI is InChI=1S/C13H20N4S/c1-17-12-6-4-3-5-11(12)15-13(17)9-10(16-14)7-8-18-2/h3-6,10,16H,7-9,14H2,1-2H3. The number of para-hydroxylation sites is 2. The van der Waals surface area contributed by atoms with Gasteiger partial charge in [-0.1, -0.05) is 12.1 Å². The van der Waals surface area contributed by atoms with Crippen molar-refractivity contribution in [2.24, 2.45) is 12.9 Å². The predicted octanol–water partition coefficient (Wildman–Crippen LogP) is 1.70. The first-order valence-electron chi connectivity index (χ1n) is 6.11. The molecule has 5 heteroatoms. The van der Waals surface area contributed by atoms with E-state index in [1.165, 1.54) is 5.52 Å². The van der Waals surface area contributed by atoms with Crippen LogP contribution in [0.4, 0.5) is 0 Å².